The van der Waals surface area contributed by atoms with E-state index in [1.807, 2.05) is 18.2 Å². The number of hydrogen-bond acceptors (Lipinski definition) is 6. The molecular weight excluding hydrogens is 392 g/mol. The number of carbonyl (C=O) groups is 4. The molecule has 2 amide bonds. The van der Waals surface area contributed by atoms with Gasteiger partial charge in [-0.15, -0.1) is 11.8 Å². The first-order chi connectivity index (χ1) is 13.9. The van der Waals surface area contributed by atoms with Crippen LogP contribution in [-0.2, 0) is 19.1 Å². The van der Waals surface area contributed by atoms with Crippen LogP contribution in [0.5, 0.6) is 0 Å². The Balaban J connectivity index is 1.34. The molecule has 0 spiro atoms. The topological polar surface area (TPSA) is 102 Å². The number of esters is 1. The zero-order valence-corrected chi connectivity index (χ0v) is 16.4. The minimum Gasteiger partial charge on any atom is -0.457 e. The molecule has 7 nitrogen and oxygen atoms in total. The summed E-state index contributed by atoms with van der Waals surface area (Å²) in [6.07, 6.45) is -0.127. The van der Waals surface area contributed by atoms with E-state index >= 15 is 0 Å². The van der Waals surface area contributed by atoms with E-state index < -0.39 is 17.8 Å². The van der Waals surface area contributed by atoms with Gasteiger partial charge in [0, 0.05) is 16.1 Å². The zero-order valence-electron chi connectivity index (χ0n) is 15.6. The molecule has 0 bridgehead atoms. The highest BCUT2D eigenvalue weighted by atomic mass is 32.2. The number of amides is 2. The molecule has 2 aliphatic heterocycles. The third-order valence-electron chi connectivity index (χ3n) is 4.91. The number of carbonyl (C=O) groups excluding carboxylic acids is 4. The highest BCUT2D eigenvalue weighted by Gasteiger charge is 2.30. The lowest BCUT2D eigenvalue weighted by Gasteiger charge is -2.23. The summed E-state index contributed by atoms with van der Waals surface area (Å²) < 4.78 is 5.10. The summed E-state index contributed by atoms with van der Waals surface area (Å²) >= 11 is 1.30. The summed E-state index contributed by atoms with van der Waals surface area (Å²) in [6.45, 7) is 1.35. The number of para-hydroxylation sites is 1. The Morgan fingerprint density at radius 2 is 1.79 bits per heavy atom. The first kappa shape index (κ1) is 19.2. The standard InChI is InChI=1S/C21H18N2O5S/c1-11-13-8-12(6-7-14(13)22-20(11)26)16(24)10-28-19(25)9-18-21(27)23-15-4-2-3-5-17(15)29-18/h2-8,11,18H,9-10H2,1H3,(H,22,26)(H,23,27)/t11-,18+/m0/s1. The minimum absolute atomic E-state index is 0.110. The fourth-order valence-corrected chi connectivity index (χ4v) is 4.35. The molecule has 2 heterocycles. The van der Waals surface area contributed by atoms with E-state index in [-0.39, 0.29) is 29.9 Å². The lowest BCUT2D eigenvalue weighted by molar-refractivity contribution is -0.143. The van der Waals surface area contributed by atoms with Gasteiger partial charge in [0.1, 0.15) is 0 Å². The van der Waals surface area contributed by atoms with Crippen LogP contribution in [0.15, 0.2) is 47.4 Å². The number of Topliss-reactive ketones (excluding diaryl/α,β-unsaturated/α-hetero) is 1. The molecule has 8 heteroatoms. The van der Waals surface area contributed by atoms with Crippen molar-refractivity contribution < 1.29 is 23.9 Å². The molecule has 2 N–H and O–H groups in total. The molecule has 0 saturated heterocycles. The number of nitrogens with one attached hydrogen (secondary N) is 2. The predicted octanol–water partition coefficient (Wildman–Crippen LogP) is 2.97. The molecule has 4 rings (SSSR count). The lowest BCUT2D eigenvalue weighted by atomic mass is 9.99. The third kappa shape index (κ3) is 3.88. The van der Waals surface area contributed by atoms with E-state index in [0.29, 0.717) is 11.3 Å². The van der Waals surface area contributed by atoms with Crippen LogP contribution in [0.3, 0.4) is 0 Å². The van der Waals surface area contributed by atoms with Crippen molar-refractivity contribution in [2.75, 3.05) is 17.2 Å². The van der Waals surface area contributed by atoms with Crippen LogP contribution in [0, 0.1) is 0 Å². The van der Waals surface area contributed by atoms with Crippen molar-refractivity contribution in [3.05, 3.63) is 53.6 Å². The molecule has 0 unspecified atom stereocenters. The maximum atomic E-state index is 12.4. The van der Waals surface area contributed by atoms with Gasteiger partial charge < -0.3 is 15.4 Å². The van der Waals surface area contributed by atoms with Crippen molar-refractivity contribution >= 4 is 46.7 Å². The average Bonchev–Trinajstić information content (AvgIpc) is 3.00. The number of fused-ring (bicyclic) bond motifs is 2. The van der Waals surface area contributed by atoms with Crippen LogP contribution in [0.4, 0.5) is 11.4 Å². The first-order valence-corrected chi connectivity index (χ1v) is 10.0. The summed E-state index contributed by atoms with van der Waals surface area (Å²) in [6, 6.07) is 12.3. The normalized spacial score (nSPS) is 19.6. The van der Waals surface area contributed by atoms with E-state index in [1.54, 1.807) is 31.2 Å². The summed E-state index contributed by atoms with van der Waals surface area (Å²) in [5.41, 5.74) is 2.54. The molecule has 0 fully saturated rings. The number of rotatable bonds is 5. The van der Waals surface area contributed by atoms with Crippen LogP contribution in [0.1, 0.15) is 35.2 Å². The SMILES string of the molecule is C[C@@H]1C(=O)Nc2ccc(C(=O)COC(=O)C[C@H]3Sc4ccccc4NC3=O)cc21. The lowest BCUT2D eigenvalue weighted by Crippen LogP contribution is -2.31. The number of thioether (sulfide) groups is 1. The van der Waals surface area contributed by atoms with Gasteiger partial charge in [-0.1, -0.05) is 12.1 Å². The predicted molar refractivity (Wildman–Crippen MR) is 108 cm³/mol. The Kier molecular flexibility index (Phi) is 5.10. The molecule has 2 aromatic carbocycles. The smallest absolute Gasteiger partial charge is 0.307 e. The summed E-state index contributed by atoms with van der Waals surface area (Å²) in [7, 11) is 0. The minimum atomic E-state index is -0.614. The largest absolute Gasteiger partial charge is 0.457 e. The molecule has 2 aromatic rings. The van der Waals surface area contributed by atoms with Crippen molar-refractivity contribution in [3.8, 4) is 0 Å². The maximum Gasteiger partial charge on any atom is 0.307 e. The van der Waals surface area contributed by atoms with Gasteiger partial charge in [-0.3, -0.25) is 19.2 Å². The Hall–Kier alpha value is -3.13. The second kappa shape index (κ2) is 7.71. The van der Waals surface area contributed by atoms with E-state index in [0.717, 1.165) is 16.1 Å². The van der Waals surface area contributed by atoms with Crippen molar-refractivity contribution in [1.82, 2.24) is 0 Å². The van der Waals surface area contributed by atoms with E-state index in [2.05, 4.69) is 10.6 Å². The molecule has 0 aliphatic carbocycles. The van der Waals surface area contributed by atoms with Gasteiger partial charge in [0.2, 0.25) is 11.8 Å². The van der Waals surface area contributed by atoms with Crippen LogP contribution in [-0.4, -0.2) is 35.4 Å². The zero-order chi connectivity index (χ0) is 20.5. The van der Waals surface area contributed by atoms with Crippen LogP contribution in [0.25, 0.3) is 0 Å². The first-order valence-electron chi connectivity index (χ1n) is 9.12. The highest BCUT2D eigenvalue weighted by molar-refractivity contribution is 8.01. The van der Waals surface area contributed by atoms with E-state index in [4.69, 9.17) is 4.74 Å². The van der Waals surface area contributed by atoms with Gasteiger partial charge in [-0.05, 0) is 42.8 Å². The summed E-state index contributed by atoms with van der Waals surface area (Å²) in [5, 5.41) is 4.91. The number of benzene rings is 2. The Labute approximate surface area is 171 Å². The van der Waals surface area contributed by atoms with Gasteiger partial charge in [-0.25, -0.2) is 0 Å². The van der Waals surface area contributed by atoms with Crippen molar-refractivity contribution in [2.45, 2.75) is 29.4 Å². The molecule has 0 aromatic heterocycles. The molecule has 0 saturated carbocycles. The second-order valence-electron chi connectivity index (χ2n) is 6.89. The fraction of sp³-hybridized carbons (Fsp3) is 0.238. The molecular formula is C21H18N2O5S. The molecule has 29 heavy (non-hydrogen) atoms. The van der Waals surface area contributed by atoms with Gasteiger partial charge in [0.05, 0.1) is 23.3 Å². The monoisotopic (exact) mass is 410 g/mol. The number of anilines is 2. The fourth-order valence-electron chi connectivity index (χ4n) is 3.26. The van der Waals surface area contributed by atoms with Gasteiger partial charge in [-0.2, -0.15) is 0 Å². The van der Waals surface area contributed by atoms with Crippen LogP contribution >= 0.6 is 11.8 Å². The molecule has 2 atom stereocenters. The molecule has 2 aliphatic rings. The summed E-state index contributed by atoms with van der Waals surface area (Å²) in [5.74, 6) is -1.68. The number of ketones is 1. The molecule has 148 valence electrons. The number of hydrogen-bond donors (Lipinski definition) is 2. The van der Waals surface area contributed by atoms with Gasteiger partial charge in [0.25, 0.3) is 0 Å². The van der Waals surface area contributed by atoms with E-state index in [9.17, 15) is 19.2 Å². The molecule has 0 radical (unpaired) electrons. The Morgan fingerprint density at radius 3 is 2.62 bits per heavy atom. The average molecular weight is 410 g/mol. The van der Waals surface area contributed by atoms with Crippen molar-refractivity contribution in [3.63, 3.8) is 0 Å². The van der Waals surface area contributed by atoms with Crippen LogP contribution in [0.2, 0.25) is 0 Å². The van der Waals surface area contributed by atoms with E-state index in [1.165, 1.54) is 11.8 Å². The Bertz CT molecular complexity index is 1040. The van der Waals surface area contributed by atoms with Crippen molar-refractivity contribution in [1.29, 1.82) is 0 Å². The maximum absolute atomic E-state index is 12.4. The quantitative estimate of drug-likeness (QED) is 0.580. The van der Waals surface area contributed by atoms with Gasteiger partial charge in [0.15, 0.2) is 12.4 Å². The van der Waals surface area contributed by atoms with Crippen LogP contribution < -0.4 is 10.6 Å². The number of ether oxygens (including phenoxy) is 1. The van der Waals surface area contributed by atoms with Gasteiger partial charge >= 0.3 is 5.97 Å². The summed E-state index contributed by atoms with van der Waals surface area (Å²) in [4.78, 5) is 49.3. The second-order valence-corrected chi connectivity index (χ2v) is 8.14. The van der Waals surface area contributed by atoms with Crippen molar-refractivity contribution in [2.24, 2.45) is 0 Å². The third-order valence-corrected chi connectivity index (χ3v) is 6.19. The Morgan fingerprint density at radius 1 is 1.03 bits per heavy atom. The highest BCUT2D eigenvalue weighted by Crippen LogP contribution is 2.36.